The van der Waals surface area contributed by atoms with Crippen molar-refractivity contribution < 1.29 is 112 Å². The van der Waals surface area contributed by atoms with E-state index in [9.17, 15) is 33.0 Å². The molecule has 0 amide bonds. The third-order valence-electron chi connectivity index (χ3n) is 7.53. The number of hydrogen-bond donors (Lipinski definition) is 3. The maximum absolute atomic E-state index is 12.1. The number of aliphatic carboxylic acids is 3. The molecular formula is C36H56Na2O11S. The molecule has 0 unspecified atom stereocenters. The molecule has 0 aromatic heterocycles. The molecule has 2 aromatic carbocycles. The van der Waals surface area contributed by atoms with Crippen molar-refractivity contribution in [1.82, 2.24) is 0 Å². The molecule has 274 valence electrons. The number of benzene rings is 2. The molecule has 0 bridgehead atoms. The molecule has 0 aliphatic rings. The van der Waals surface area contributed by atoms with Gasteiger partial charge in [0.1, 0.15) is 17.1 Å². The van der Waals surface area contributed by atoms with Crippen LogP contribution in [0.3, 0.4) is 0 Å². The van der Waals surface area contributed by atoms with Gasteiger partial charge in [0.25, 0.3) is 10.1 Å². The standard InChI is InChI=1S/C18H36O2.C14H16O3S.C4H6O6.2Na/c1-2-3-4-5-6-7-8-9-10-11-12-13-14-15-16-17-18(19)20;1-2-3-11-17-18(15,16)14-10-6-8-12-7-4-5-9-13(12)14;5-1(3(7)8)2(6)4(9)10;;/h2-17H2,1H3,(H,19,20);4-10H,2-3,11H2,1H3;1-2,5-6H,(H,7,8)(H,9,10);;/q;;;2*+1/p-2/t;;1-,2-;;/m..1../s1. The molecule has 50 heavy (non-hydrogen) atoms. The molecule has 3 N–H and O–H groups in total. The first-order valence-electron chi connectivity index (χ1n) is 17.3. The van der Waals surface area contributed by atoms with Crippen molar-refractivity contribution >= 4 is 38.8 Å². The number of unbranched alkanes of at least 4 members (excludes halogenated alkanes) is 15. The van der Waals surface area contributed by atoms with Gasteiger partial charge in [-0.1, -0.05) is 147 Å². The van der Waals surface area contributed by atoms with E-state index in [1.54, 1.807) is 18.2 Å². The second-order valence-electron chi connectivity index (χ2n) is 11.7. The summed E-state index contributed by atoms with van der Waals surface area (Å²) in [6.07, 6.45) is 17.0. The molecular weight excluding hydrogens is 686 g/mol. The van der Waals surface area contributed by atoms with Crippen molar-refractivity contribution in [3.8, 4) is 0 Å². The van der Waals surface area contributed by atoms with E-state index in [4.69, 9.17) is 19.5 Å². The fourth-order valence-electron chi connectivity index (χ4n) is 4.70. The van der Waals surface area contributed by atoms with E-state index in [0.29, 0.717) is 11.8 Å². The molecule has 0 aliphatic heterocycles. The summed E-state index contributed by atoms with van der Waals surface area (Å²) >= 11 is 0. The smallest absolute Gasteiger partial charge is 0.547 e. The van der Waals surface area contributed by atoms with Crippen LogP contribution < -0.4 is 69.3 Å². The van der Waals surface area contributed by atoms with Crippen LogP contribution in [-0.4, -0.2) is 60.5 Å². The first-order valence-corrected chi connectivity index (χ1v) is 18.7. The summed E-state index contributed by atoms with van der Waals surface area (Å²) in [5.74, 6) is -4.77. The summed E-state index contributed by atoms with van der Waals surface area (Å²) in [5, 5.41) is 45.9. The first kappa shape index (κ1) is 53.3. The zero-order valence-corrected chi connectivity index (χ0v) is 35.5. The number of fused-ring (bicyclic) bond motifs is 1. The van der Waals surface area contributed by atoms with Gasteiger partial charge in [0, 0.05) is 11.8 Å². The quantitative estimate of drug-likeness (QED) is 0.0670. The van der Waals surface area contributed by atoms with Gasteiger partial charge in [-0.3, -0.25) is 8.98 Å². The Labute approximate surface area is 343 Å². The van der Waals surface area contributed by atoms with Crippen LogP contribution in [0, 0.1) is 0 Å². The SMILES string of the molecule is CCCCCCCCCCCCCCCCCC(=O)O.CCCCOS(=O)(=O)c1cccc2ccccc12.O=C([O-])[C@H](O)[C@@H](O)C(=O)[O-].[Na+].[Na+]. The van der Waals surface area contributed by atoms with Crippen molar-refractivity contribution in [2.45, 2.75) is 147 Å². The van der Waals surface area contributed by atoms with Gasteiger partial charge in [-0.25, -0.2) is 0 Å². The Morgan fingerprint density at radius 1 is 0.640 bits per heavy atom. The summed E-state index contributed by atoms with van der Waals surface area (Å²) in [5.41, 5.74) is 0. The molecule has 0 saturated carbocycles. The number of carbonyl (C=O) groups excluding carboxylic acids is 2. The summed E-state index contributed by atoms with van der Waals surface area (Å²) in [4.78, 5) is 29.8. The van der Waals surface area contributed by atoms with Gasteiger partial charge in [-0.15, -0.1) is 0 Å². The van der Waals surface area contributed by atoms with Crippen LogP contribution in [0.4, 0.5) is 0 Å². The van der Waals surface area contributed by atoms with Gasteiger partial charge in [0.05, 0.1) is 18.5 Å². The molecule has 0 aliphatic carbocycles. The largest absolute Gasteiger partial charge is 1.00 e. The van der Waals surface area contributed by atoms with Crippen LogP contribution in [-0.2, 0) is 28.7 Å². The van der Waals surface area contributed by atoms with Crippen LogP contribution in [0.2, 0.25) is 0 Å². The number of carbonyl (C=O) groups is 3. The Morgan fingerprint density at radius 3 is 1.46 bits per heavy atom. The molecule has 0 radical (unpaired) electrons. The van der Waals surface area contributed by atoms with E-state index in [0.717, 1.165) is 31.1 Å². The Balaban J connectivity index is -0.000000682. The van der Waals surface area contributed by atoms with E-state index >= 15 is 0 Å². The Hall–Kier alpha value is -1.06. The fourth-order valence-corrected chi connectivity index (χ4v) is 5.86. The topological polar surface area (TPSA) is 201 Å². The van der Waals surface area contributed by atoms with E-state index < -0.39 is 40.2 Å². The summed E-state index contributed by atoms with van der Waals surface area (Å²) in [6.45, 7) is 4.50. The number of hydrogen-bond acceptors (Lipinski definition) is 10. The minimum atomic E-state index is -3.66. The van der Waals surface area contributed by atoms with Gasteiger partial charge < -0.3 is 35.1 Å². The van der Waals surface area contributed by atoms with Gasteiger partial charge in [-0.05, 0) is 24.3 Å². The molecule has 2 rings (SSSR count). The third kappa shape index (κ3) is 26.7. The molecule has 0 saturated heterocycles. The number of aliphatic hydroxyl groups is 2. The van der Waals surface area contributed by atoms with Crippen LogP contribution in [0.1, 0.15) is 129 Å². The van der Waals surface area contributed by atoms with Crippen molar-refractivity contribution in [3.63, 3.8) is 0 Å². The van der Waals surface area contributed by atoms with E-state index in [1.165, 1.54) is 83.5 Å². The van der Waals surface area contributed by atoms with Gasteiger partial charge in [0.15, 0.2) is 0 Å². The van der Waals surface area contributed by atoms with Crippen molar-refractivity contribution in [1.29, 1.82) is 0 Å². The minimum absolute atomic E-state index is 0. The number of aliphatic hydroxyl groups excluding tert-OH is 2. The molecule has 14 heteroatoms. The van der Waals surface area contributed by atoms with Crippen molar-refractivity contribution in [2.75, 3.05) is 6.61 Å². The molecule has 0 spiro atoms. The Morgan fingerprint density at radius 2 is 1.04 bits per heavy atom. The molecule has 0 fully saturated rings. The maximum atomic E-state index is 12.1. The average molecular weight is 743 g/mol. The zero-order chi connectivity index (χ0) is 36.2. The van der Waals surface area contributed by atoms with Gasteiger partial charge >= 0.3 is 65.1 Å². The summed E-state index contributed by atoms with van der Waals surface area (Å²) < 4.78 is 29.2. The second-order valence-corrected chi connectivity index (χ2v) is 13.3. The number of carboxylic acids is 3. The first-order chi connectivity index (χ1) is 22.9. The van der Waals surface area contributed by atoms with E-state index in [2.05, 4.69) is 6.92 Å². The molecule has 2 aromatic rings. The number of carboxylic acid groups (broad SMARTS) is 3. The van der Waals surface area contributed by atoms with Crippen molar-refractivity contribution in [3.05, 3.63) is 42.5 Å². The average Bonchev–Trinajstić information content (AvgIpc) is 3.06. The summed E-state index contributed by atoms with van der Waals surface area (Å²) in [7, 11) is -3.66. The normalized spacial score (nSPS) is 11.8. The zero-order valence-electron chi connectivity index (χ0n) is 30.6. The minimum Gasteiger partial charge on any atom is -0.547 e. The van der Waals surface area contributed by atoms with Crippen molar-refractivity contribution in [2.24, 2.45) is 0 Å². The Bertz CT molecular complexity index is 1250. The second kappa shape index (κ2) is 33.8. The van der Waals surface area contributed by atoms with Crippen LogP contribution in [0.15, 0.2) is 47.4 Å². The third-order valence-corrected chi connectivity index (χ3v) is 8.90. The molecule has 11 nitrogen and oxygen atoms in total. The number of rotatable bonds is 24. The van der Waals surface area contributed by atoms with E-state index in [1.807, 2.05) is 31.2 Å². The Kier molecular flexibility index (Phi) is 36.0. The molecule has 2 atom stereocenters. The van der Waals surface area contributed by atoms with Gasteiger partial charge in [-0.2, -0.15) is 8.42 Å². The van der Waals surface area contributed by atoms with Gasteiger partial charge in [0.2, 0.25) is 0 Å². The summed E-state index contributed by atoms with van der Waals surface area (Å²) in [6, 6.07) is 12.6. The van der Waals surface area contributed by atoms with Crippen LogP contribution in [0.5, 0.6) is 0 Å². The maximum Gasteiger partial charge on any atom is 1.00 e. The van der Waals surface area contributed by atoms with Crippen LogP contribution in [0.25, 0.3) is 10.8 Å². The molecule has 0 heterocycles. The fraction of sp³-hybridized carbons (Fsp3) is 0.639. The van der Waals surface area contributed by atoms with Crippen LogP contribution >= 0.6 is 0 Å². The monoisotopic (exact) mass is 742 g/mol. The predicted octanol–water partition coefficient (Wildman–Crippen LogP) is -1.11. The van der Waals surface area contributed by atoms with E-state index in [-0.39, 0.29) is 70.6 Å². The predicted molar refractivity (Wildman–Crippen MR) is 181 cm³/mol.